The van der Waals surface area contributed by atoms with E-state index in [1.807, 2.05) is 0 Å². The SMILES string of the molecule is CCOc1cc(/C=N/NC(=O)/C(=C/c2ccc3c(c2)OCO3)NC(=O)c2ccccc2)ccc1OC(=O)c1ccccc1Cl. The number of carbonyl (C=O) groups is 3. The topological polar surface area (TPSA) is 125 Å². The lowest BCUT2D eigenvalue weighted by atomic mass is 10.1. The highest BCUT2D eigenvalue weighted by Gasteiger charge is 2.18. The molecule has 4 aromatic carbocycles. The molecule has 0 fully saturated rings. The third-order valence-electron chi connectivity index (χ3n) is 6.18. The van der Waals surface area contributed by atoms with Crippen molar-refractivity contribution < 1.29 is 33.3 Å². The molecule has 0 saturated heterocycles. The quantitative estimate of drug-likeness (QED) is 0.0785. The Morgan fingerprint density at radius 1 is 0.886 bits per heavy atom. The van der Waals surface area contributed by atoms with Crippen molar-refractivity contribution >= 4 is 41.7 Å². The summed E-state index contributed by atoms with van der Waals surface area (Å²) in [6, 6.07) is 25.0. The number of fused-ring (bicyclic) bond motifs is 1. The second-order valence-electron chi connectivity index (χ2n) is 9.20. The van der Waals surface area contributed by atoms with Crippen molar-refractivity contribution in [2.24, 2.45) is 5.10 Å². The predicted molar refractivity (Wildman–Crippen MR) is 164 cm³/mol. The van der Waals surface area contributed by atoms with Crippen molar-refractivity contribution in [1.82, 2.24) is 10.7 Å². The zero-order valence-electron chi connectivity index (χ0n) is 23.4. The Hall–Kier alpha value is -5.61. The zero-order valence-corrected chi connectivity index (χ0v) is 24.2. The van der Waals surface area contributed by atoms with Crippen molar-refractivity contribution in [3.05, 3.63) is 124 Å². The molecule has 1 aliphatic rings. The van der Waals surface area contributed by atoms with E-state index >= 15 is 0 Å². The van der Waals surface area contributed by atoms with Gasteiger partial charge in [0.2, 0.25) is 6.79 Å². The highest BCUT2D eigenvalue weighted by molar-refractivity contribution is 6.33. The molecule has 0 aliphatic carbocycles. The van der Waals surface area contributed by atoms with E-state index in [2.05, 4.69) is 15.8 Å². The average Bonchev–Trinajstić information content (AvgIpc) is 3.50. The van der Waals surface area contributed by atoms with Gasteiger partial charge < -0.3 is 24.3 Å². The normalized spacial score (nSPS) is 12.1. The van der Waals surface area contributed by atoms with Crippen LogP contribution in [0.3, 0.4) is 0 Å². The van der Waals surface area contributed by atoms with E-state index in [1.54, 1.807) is 97.9 Å². The molecule has 0 spiro atoms. The van der Waals surface area contributed by atoms with Crippen molar-refractivity contribution in [2.75, 3.05) is 13.4 Å². The van der Waals surface area contributed by atoms with E-state index in [0.29, 0.717) is 40.5 Å². The van der Waals surface area contributed by atoms with Gasteiger partial charge in [-0.25, -0.2) is 10.2 Å². The number of carbonyl (C=O) groups excluding carboxylic acids is 3. The van der Waals surface area contributed by atoms with Crippen molar-refractivity contribution in [1.29, 1.82) is 0 Å². The van der Waals surface area contributed by atoms with Crippen LogP contribution in [0.15, 0.2) is 102 Å². The number of rotatable bonds is 10. The number of ether oxygens (including phenoxy) is 4. The summed E-state index contributed by atoms with van der Waals surface area (Å²) in [4.78, 5) is 38.7. The smallest absolute Gasteiger partial charge is 0.345 e. The van der Waals surface area contributed by atoms with Crippen LogP contribution in [0, 0.1) is 0 Å². The summed E-state index contributed by atoms with van der Waals surface area (Å²) in [5.74, 6) is -0.181. The minimum Gasteiger partial charge on any atom is -0.490 e. The van der Waals surface area contributed by atoms with Gasteiger partial charge >= 0.3 is 5.97 Å². The molecular weight excluding hydrogens is 586 g/mol. The number of esters is 1. The second-order valence-corrected chi connectivity index (χ2v) is 9.61. The molecule has 1 heterocycles. The van der Waals surface area contributed by atoms with Crippen LogP contribution in [0.5, 0.6) is 23.0 Å². The highest BCUT2D eigenvalue weighted by atomic mass is 35.5. The van der Waals surface area contributed by atoms with Gasteiger partial charge in [-0.2, -0.15) is 5.10 Å². The molecule has 2 N–H and O–H groups in total. The van der Waals surface area contributed by atoms with Crippen LogP contribution in [-0.4, -0.2) is 37.4 Å². The first-order valence-corrected chi connectivity index (χ1v) is 13.8. The van der Waals surface area contributed by atoms with E-state index in [9.17, 15) is 14.4 Å². The van der Waals surface area contributed by atoms with Crippen molar-refractivity contribution in [2.45, 2.75) is 6.92 Å². The van der Waals surface area contributed by atoms with Crippen LogP contribution < -0.4 is 29.7 Å². The lowest BCUT2D eigenvalue weighted by molar-refractivity contribution is -0.117. The maximum Gasteiger partial charge on any atom is 0.345 e. The average molecular weight is 612 g/mol. The Bertz CT molecular complexity index is 1760. The summed E-state index contributed by atoms with van der Waals surface area (Å²) >= 11 is 6.12. The van der Waals surface area contributed by atoms with Gasteiger partial charge in [-0.15, -0.1) is 0 Å². The minimum absolute atomic E-state index is 0.0493. The first-order valence-electron chi connectivity index (χ1n) is 13.5. The van der Waals surface area contributed by atoms with E-state index in [1.165, 1.54) is 12.3 Å². The van der Waals surface area contributed by atoms with Gasteiger partial charge in [0.1, 0.15) is 5.70 Å². The molecule has 4 aromatic rings. The third-order valence-corrected chi connectivity index (χ3v) is 6.51. The van der Waals surface area contributed by atoms with Gasteiger partial charge in [-0.3, -0.25) is 9.59 Å². The van der Waals surface area contributed by atoms with Crippen LogP contribution in [0.4, 0.5) is 0 Å². The number of hydrogen-bond acceptors (Lipinski definition) is 8. The molecule has 5 rings (SSSR count). The molecule has 0 bridgehead atoms. The molecular formula is C33H26ClN3O7. The van der Waals surface area contributed by atoms with Gasteiger partial charge in [-0.05, 0) is 78.7 Å². The standard InChI is InChI=1S/C33H26ClN3O7/c1-2-41-30-18-22(13-15-28(30)44-33(40)24-10-6-7-11-25(24)34)19-35-37-32(39)26(36-31(38)23-8-4-3-5-9-23)16-21-12-14-27-29(17-21)43-20-42-27/h3-19H,2,20H2,1H3,(H,36,38)(H,37,39)/b26-16-,35-19+. The molecule has 222 valence electrons. The summed E-state index contributed by atoms with van der Waals surface area (Å²) in [5.41, 5.74) is 4.12. The second kappa shape index (κ2) is 14.0. The Labute approximate surface area is 257 Å². The lowest BCUT2D eigenvalue weighted by Gasteiger charge is -2.12. The molecule has 0 saturated carbocycles. The maximum atomic E-state index is 13.2. The largest absolute Gasteiger partial charge is 0.490 e. The highest BCUT2D eigenvalue weighted by Crippen LogP contribution is 2.33. The van der Waals surface area contributed by atoms with E-state index in [-0.39, 0.29) is 28.8 Å². The Balaban J connectivity index is 1.32. The molecule has 2 amide bonds. The fourth-order valence-corrected chi connectivity index (χ4v) is 4.29. The summed E-state index contributed by atoms with van der Waals surface area (Å²) in [6.45, 7) is 2.20. The van der Waals surface area contributed by atoms with Crippen molar-refractivity contribution in [3.63, 3.8) is 0 Å². The van der Waals surface area contributed by atoms with E-state index in [4.69, 9.17) is 30.5 Å². The first kappa shape index (κ1) is 29.9. The Morgan fingerprint density at radius 3 is 2.43 bits per heavy atom. The van der Waals surface area contributed by atoms with Gasteiger partial charge in [-0.1, -0.05) is 48.0 Å². The summed E-state index contributed by atoms with van der Waals surface area (Å²) in [5, 5.41) is 6.97. The fourth-order valence-electron chi connectivity index (χ4n) is 4.08. The summed E-state index contributed by atoms with van der Waals surface area (Å²) < 4.78 is 22.0. The molecule has 1 aliphatic heterocycles. The van der Waals surface area contributed by atoms with Crippen LogP contribution in [0.25, 0.3) is 6.08 Å². The molecule has 11 heteroatoms. The summed E-state index contributed by atoms with van der Waals surface area (Å²) in [7, 11) is 0. The molecule has 0 radical (unpaired) electrons. The van der Waals surface area contributed by atoms with Gasteiger partial charge in [0.15, 0.2) is 23.0 Å². The zero-order chi connectivity index (χ0) is 30.9. The number of nitrogens with zero attached hydrogens (tertiary/aromatic N) is 1. The van der Waals surface area contributed by atoms with Crippen LogP contribution in [0.1, 0.15) is 38.8 Å². The molecule has 0 atom stereocenters. The number of hydrogen-bond donors (Lipinski definition) is 2. The number of amides is 2. The summed E-state index contributed by atoms with van der Waals surface area (Å²) in [6.07, 6.45) is 2.89. The monoisotopic (exact) mass is 611 g/mol. The molecule has 10 nitrogen and oxygen atoms in total. The van der Waals surface area contributed by atoms with Crippen molar-refractivity contribution in [3.8, 4) is 23.0 Å². The maximum absolute atomic E-state index is 13.2. The van der Waals surface area contributed by atoms with Gasteiger partial charge in [0.25, 0.3) is 11.8 Å². The molecule has 44 heavy (non-hydrogen) atoms. The van der Waals surface area contributed by atoms with Crippen LogP contribution >= 0.6 is 11.6 Å². The fraction of sp³-hybridized carbons (Fsp3) is 0.0909. The predicted octanol–water partition coefficient (Wildman–Crippen LogP) is 5.61. The number of benzene rings is 4. The number of nitrogens with one attached hydrogen (secondary N) is 2. The lowest BCUT2D eigenvalue weighted by Crippen LogP contribution is -2.32. The van der Waals surface area contributed by atoms with Gasteiger partial charge in [0.05, 0.1) is 23.4 Å². The van der Waals surface area contributed by atoms with Crippen LogP contribution in [0.2, 0.25) is 5.02 Å². The first-order chi connectivity index (χ1) is 21.4. The van der Waals surface area contributed by atoms with Gasteiger partial charge in [0, 0.05) is 5.56 Å². The Kier molecular flexibility index (Phi) is 9.53. The molecule has 0 unspecified atom stereocenters. The van der Waals surface area contributed by atoms with E-state index in [0.717, 1.165) is 0 Å². The van der Waals surface area contributed by atoms with Crippen LogP contribution in [-0.2, 0) is 4.79 Å². The number of halogens is 1. The minimum atomic E-state index is -0.668. The number of hydrazone groups is 1. The third kappa shape index (κ3) is 7.42. The Morgan fingerprint density at radius 2 is 1.64 bits per heavy atom. The van der Waals surface area contributed by atoms with E-state index < -0.39 is 17.8 Å². The molecule has 0 aromatic heterocycles.